The highest BCUT2D eigenvalue weighted by Gasteiger charge is 2.23. The molecule has 2 atom stereocenters. The molecule has 1 aliphatic heterocycles. The zero-order chi connectivity index (χ0) is 19.2. The normalized spacial score (nSPS) is 18.1. The van der Waals surface area contributed by atoms with Crippen LogP contribution in [-0.4, -0.2) is 44.1 Å². The molecular weight excluding hydrogens is 338 g/mol. The Bertz CT molecular complexity index is 601. The minimum atomic E-state index is -0.624. The van der Waals surface area contributed by atoms with E-state index in [1.807, 2.05) is 24.3 Å². The molecule has 0 aromatic heterocycles. The molecule has 1 aliphatic rings. The molecule has 1 aromatic rings. The SMILES string of the molecule is COC(=O)C[C@@H](NC(=O)OC(C)(C)C)c1ccc(O[C@H]2CCOC2)cc1. The van der Waals surface area contributed by atoms with E-state index in [-0.39, 0.29) is 12.5 Å². The summed E-state index contributed by atoms with van der Waals surface area (Å²) >= 11 is 0. The van der Waals surface area contributed by atoms with Crippen molar-refractivity contribution >= 4 is 12.1 Å². The molecule has 0 saturated carbocycles. The lowest BCUT2D eigenvalue weighted by molar-refractivity contribution is -0.141. The van der Waals surface area contributed by atoms with Gasteiger partial charge < -0.3 is 24.3 Å². The van der Waals surface area contributed by atoms with Gasteiger partial charge in [-0.25, -0.2) is 4.79 Å². The average Bonchev–Trinajstić information content (AvgIpc) is 3.06. The van der Waals surface area contributed by atoms with Crippen LogP contribution in [0.2, 0.25) is 0 Å². The van der Waals surface area contributed by atoms with Crippen molar-refractivity contribution in [1.29, 1.82) is 0 Å². The molecule has 0 bridgehead atoms. The minimum Gasteiger partial charge on any atom is -0.488 e. The Morgan fingerprint density at radius 2 is 1.96 bits per heavy atom. The summed E-state index contributed by atoms with van der Waals surface area (Å²) in [6.07, 6.45) is 0.348. The smallest absolute Gasteiger partial charge is 0.408 e. The van der Waals surface area contributed by atoms with Gasteiger partial charge in [-0.15, -0.1) is 0 Å². The van der Waals surface area contributed by atoms with Crippen molar-refractivity contribution in [2.75, 3.05) is 20.3 Å². The summed E-state index contributed by atoms with van der Waals surface area (Å²) in [6, 6.07) is 6.71. The molecule has 1 fully saturated rings. The minimum absolute atomic E-state index is 0.00636. The van der Waals surface area contributed by atoms with Crippen LogP contribution in [0.3, 0.4) is 0 Å². The lowest BCUT2D eigenvalue weighted by Gasteiger charge is -2.23. The number of nitrogens with one attached hydrogen (secondary N) is 1. The number of rotatable bonds is 6. The molecule has 1 aromatic carbocycles. The largest absolute Gasteiger partial charge is 0.488 e. The maximum atomic E-state index is 12.1. The standard InChI is InChI=1S/C19H27NO6/c1-19(2,3)26-18(22)20-16(11-17(21)23-4)13-5-7-14(8-6-13)25-15-9-10-24-12-15/h5-8,15-16H,9-12H2,1-4H3,(H,20,22)/t15-,16+/m0/s1. The first kappa shape index (κ1) is 20.0. The molecule has 1 heterocycles. The number of carbonyl (C=O) groups excluding carboxylic acids is 2. The average molecular weight is 365 g/mol. The van der Waals surface area contributed by atoms with E-state index in [1.54, 1.807) is 20.8 Å². The molecule has 0 spiro atoms. The number of esters is 1. The number of hydrogen-bond acceptors (Lipinski definition) is 6. The highest BCUT2D eigenvalue weighted by atomic mass is 16.6. The first-order chi connectivity index (χ1) is 12.3. The van der Waals surface area contributed by atoms with Crippen LogP contribution in [0.15, 0.2) is 24.3 Å². The number of alkyl carbamates (subject to hydrolysis) is 1. The first-order valence-electron chi connectivity index (χ1n) is 8.67. The Kier molecular flexibility index (Phi) is 6.85. The summed E-state index contributed by atoms with van der Waals surface area (Å²) in [7, 11) is 1.31. The molecule has 0 unspecified atom stereocenters. The Morgan fingerprint density at radius 1 is 1.27 bits per heavy atom. The van der Waals surface area contributed by atoms with Crippen LogP contribution >= 0.6 is 0 Å². The van der Waals surface area contributed by atoms with E-state index in [0.29, 0.717) is 13.2 Å². The predicted molar refractivity (Wildman–Crippen MR) is 95.0 cm³/mol. The van der Waals surface area contributed by atoms with E-state index in [4.69, 9.17) is 18.9 Å². The molecule has 1 amide bonds. The van der Waals surface area contributed by atoms with E-state index in [0.717, 1.165) is 17.7 Å². The van der Waals surface area contributed by atoms with Crippen molar-refractivity contribution in [3.05, 3.63) is 29.8 Å². The van der Waals surface area contributed by atoms with Gasteiger partial charge in [-0.05, 0) is 38.5 Å². The first-order valence-corrected chi connectivity index (χ1v) is 8.67. The molecule has 1 N–H and O–H groups in total. The Morgan fingerprint density at radius 3 is 2.50 bits per heavy atom. The molecule has 7 heteroatoms. The third kappa shape index (κ3) is 6.55. The quantitative estimate of drug-likeness (QED) is 0.781. The monoisotopic (exact) mass is 365 g/mol. The summed E-state index contributed by atoms with van der Waals surface area (Å²) in [5.41, 5.74) is 0.136. The number of methoxy groups -OCH3 is 1. The molecular formula is C19H27NO6. The second-order valence-corrected chi connectivity index (χ2v) is 7.15. The topological polar surface area (TPSA) is 83.1 Å². The van der Waals surface area contributed by atoms with Crippen LogP contribution in [0.25, 0.3) is 0 Å². The predicted octanol–water partition coefficient (Wildman–Crippen LogP) is 2.98. The van der Waals surface area contributed by atoms with Crippen molar-refractivity contribution in [3.8, 4) is 5.75 Å². The second kappa shape index (κ2) is 8.89. The highest BCUT2D eigenvalue weighted by Crippen LogP contribution is 2.23. The molecule has 144 valence electrons. The summed E-state index contributed by atoms with van der Waals surface area (Å²) in [5, 5.41) is 2.72. The molecule has 7 nitrogen and oxygen atoms in total. The third-order valence-corrected chi connectivity index (χ3v) is 3.76. The van der Waals surface area contributed by atoms with Crippen molar-refractivity contribution in [3.63, 3.8) is 0 Å². The van der Waals surface area contributed by atoms with Crippen LogP contribution < -0.4 is 10.1 Å². The van der Waals surface area contributed by atoms with Crippen molar-refractivity contribution in [2.45, 2.75) is 51.4 Å². The van der Waals surface area contributed by atoms with Crippen molar-refractivity contribution in [2.24, 2.45) is 0 Å². The molecule has 0 aliphatic carbocycles. The maximum absolute atomic E-state index is 12.1. The molecule has 0 radical (unpaired) electrons. The van der Waals surface area contributed by atoms with Crippen LogP contribution in [0, 0.1) is 0 Å². The summed E-state index contributed by atoms with van der Waals surface area (Å²) < 4.78 is 21.1. The van der Waals surface area contributed by atoms with E-state index in [1.165, 1.54) is 7.11 Å². The van der Waals surface area contributed by atoms with Gasteiger partial charge >= 0.3 is 12.1 Å². The Balaban J connectivity index is 2.05. The van der Waals surface area contributed by atoms with Gasteiger partial charge in [0.2, 0.25) is 0 Å². The summed E-state index contributed by atoms with van der Waals surface area (Å²) in [6.45, 7) is 6.64. The van der Waals surface area contributed by atoms with Crippen molar-refractivity contribution < 1.29 is 28.5 Å². The van der Waals surface area contributed by atoms with Crippen molar-refractivity contribution in [1.82, 2.24) is 5.32 Å². The maximum Gasteiger partial charge on any atom is 0.408 e. The fraction of sp³-hybridized carbons (Fsp3) is 0.579. The van der Waals surface area contributed by atoms with Crippen LogP contribution in [-0.2, 0) is 19.0 Å². The Labute approximate surface area is 153 Å². The lowest BCUT2D eigenvalue weighted by atomic mass is 10.0. The van der Waals surface area contributed by atoms with Gasteiger partial charge in [0.1, 0.15) is 17.5 Å². The van der Waals surface area contributed by atoms with Gasteiger partial charge in [0.15, 0.2) is 0 Å². The fourth-order valence-corrected chi connectivity index (χ4v) is 2.53. The Hall–Kier alpha value is -2.28. The number of amides is 1. The van der Waals surface area contributed by atoms with Gasteiger partial charge in [0.25, 0.3) is 0 Å². The number of carbonyl (C=O) groups is 2. The number of hydrogen-bond donors (Lipinski definition) is 1. The summed E-state index contributed by atoms with van der Waals surface area (Å²) in [5.74, 6) is 0.299. The van der Waals surface area contributed by atoms with Crippen LogP contribution in [0.4, 0.5) is 4.79 Å². The second-order valence-electron chi connectivity index (χ2n) is 7.15. The van der Waals surface area contributed by atoms with Crippen LogP contribution in [0.1, 0.15) is 45.2 Å². The molecule has 2 rings (SSSR count). The van der Waals surface area contributed by atoms with Crippen LogP contribution in [0.5, 0.6) is 5.75 Å². The van der Waals surface area contributed by atoms with Gasteiger partial charge in [-0.2, -0.15) is 0 Å². The highest BCUT2D eigenvalue weighted by molar-refractivity contribution is 5.73. The summed E-state index contributed by atoms with van der Waals surface area (Å²) in [4.78, 5) is 23.8. The zero-order valence-corrected chi connectivity index (χ0v) is 15.7. The third-order valence-electron chi connectivity index (χ3n) is 3.76. The van der Waals surface area contributed by atoms with Gasteiger partial charge in [0.05, 0.1) is 32.8 Å². The van der Waals surface area contributed by atoms with Gasteiger partial charge in [0, 0.05) is 6.42 Å². The molecule has 26 heavy (non-hydrogen) atoms. The van der Waals surface area contributed by atoms with Gasteiger partial charge in [-0.3, -0.25) is 4.79 Å². The number of benzene rings is 1. The fourth-order valence-electron chi connectivity index (χ4n) is 2.53. The zero-order valence-electron chi connectivity index (χ0n) is 15.7. The van der Waals surface area contributed by atoms with E-state index in [2.05, 4.69) is 5.32 Å². The van der Waals surface area contributed by atoms with E-state index >= 15 is 0 Å². The van der Waals surface area contributed by atoms with Gasteiger partial charge in [-0.1, -0.05) is 12.1 Å². The van der Waals surface area contributed by atoms with E-state index in [9.17, 15) is 9.59 Å². The lowest BCUT2D eigenvalue weighted by Crippen LogP contribution is -2.36. The molecule has 1 saturated heterocycles. The van der Waals surface area contributed by atoms with E-state index < -0.39 is 23.7 Å². The number of ether oxygens (including phenoxy) is 4.